The number of thiol groups is 1. The summed E-state index contributed by atoms with van der Waals surface area (Å²) in [5.74, 6) is 0. The summed E-state index contributed by atoms with van der Waals surface area (Å²) in [6, 6.07) is 8.61. The Balaban J connectivity index is 2.49. The molecule has 1 aromatic rings. The van der Waals surface area contributed by atoms with Crippen LogP contribution in [0.25, 0.3) is 0 Å². The summed E-state index contributed by atoms with van der Waals surface area (Å²) in [5.41, 5.74) is 1.32. The lowest BCUT2D eigenvalue weighted by atomic mass is 10.3. The van der Waals surface area contributed by atoms with Gasteiger partial charge in [-0.25, -0.2) is 0 Å². The molecular weight excluding hydrogens is 281 g/mol. The van der Waals surface area contributed by atoms with Gasteiger partial charge in [0.2, 0.25) is 0 Å². The Morgan fingerprint density at radius 1 is 1.42 bits per heavy atom. The van der Waals surface area contributed by atoms with Crippen molar-refractivity contribution in [2.45, 2.75) is 14.7 Å². The molecule has 1 nitrogen and oxygen atoms in total. The Bertz CT molecular complexity index is 311. The molecule has 0 bridgehead atoms. The second-order valence-corrected chi connectivity index (χ2v) is 8.66. The van der Waals surface area contributed by atoms with E-state index >= 15 is 0 Å². The third-order valence-electron chi connectivity index (χ3n) is 2.26. The van der Waals surface area contributed by atoms with Crippen LogP contribution in [0, 0.1) is 0 Å². The molecule has 2 rings (SSSR count). The van der Waals surface area contributed by atoms with Crippen LogP contribution < -0.4 is 5.32 Å². The number of para-hydroxylation sites is 1. The van der Waals surface area contributed by atoms with Gasteiger partial charge in [-0.3, -0.25) is 0 Å². The molecule has 66 valence electrons. The van der Waals surface area contributed by atoms with Gasteiger partial charge in [-0.2, -0.15) is 10.9 Å². The first kappa shape index (κ1) is 8.69. The summed E-state index contributed by atoms with van der Waals surface area (Å²) in [7, 11) is -0.0486. The van der Waals surface area contributed by atoms with E-state index in [9.17, 15) is 0 Å². The minimum absolute atomic E-state index is 0.0486. The Morgan fingerprint density at radius 3 is 2.75 bits per heavy atom. The molecule has 0 aromatic heterocycles. The van der Waals surface area contributed by atoms with Gasteiger partial charge in [0.25, 0.3) is 0 Å². The largest absolute Gasteiger partial charge is 0.363 e. The standard InChI is InChI=1S/C9H12INS/c1-9(10)11-7-5-3-4-6-8(7)12(9)2/h3-6,11-12H,1-2H3. The van der Waals surface area contributed by atoms with Crippen LogP contribution in [0.2, 0.25) is 0 Å². The number of rotatable bonds is 0. The molecule has 0 aliphatic carbocycles. The lowest BCUT2D eigenvalue weighted by Gasteiger charge is -2.25. The van der Waals surface area contributed by atoms with Crippen molar-refractivity contribution in [3.05, 3.63) is 24.3 Å². The molecule has 1 heterocycles. The third-order valence-corrected chi connectivity index (χ3v) is 7.18. The van der Waals surface area contributed by atoms with Crippen LogP contribution in [0.4, 0.5) is 5.69 Å². The van der Waals surface area contributed by atoms with Gasteiger partial charge in [0.1, 0.15) is 2.88 Å². The maximum atomic E-state index is 3.54. The first-order valence-corrected chi connectivity index (χ1v) is 6.78. The van der Waals surface area contributed by atoms with E-state index in [0.29, 0.717) is 0 Å². The van der Waals surface area contributed by atoms with Crippen LogP contribution in [0.1, 0.15) is 6.92 Å². The Labute approximate surface area is 89.4 Å². The molecular formula is C9H12INS. The number of benzene rings is 1. The van der Waals surface area contributed by atoms with Crippen molar-refractivity contribution in [3.63, 3.8) is 0 Å². The predicted octanol–water partition coefficient (Wildman–Crippen LogP) is 3.21. The van der Waals surface area contributed by atoms with E-state index in [-0.39, 0.29) is 13.8 Å². The molecule has 12 heavy (non-hydrogen) atoms. The first-order chi connectivity index (χ1) is 5.61. The number of hydrogen-bond acceptors (Lipinski definition) is 1. The molecule has 0 saturated carbocycles. The molecule has 0 amide bonds. The topological polar surface area (TPSA) is 12.0 Å². The number of halogens is 1. The molecule has 0 saturated heterocycles. The minimum Gasteiger partial charge on any atom is -0.363 e. The minimum atomic E-state index is -0.0486. The second kappa shape index (κ2) is 2.80. The van der Waals surface area contributed by atoms with Crippen molar-refractivity contribution in [3.8, 4) is 0 Å². The summed E-state index contributed by atoms with van der Waals surface area (Å²) >= 11 is 2.51. The van der Waals surface area contributed by atoms with Crippen LogP contribution >= 0.6 is 33.5 Å². The molecule has 3 heteroatoms. The van der Waals surface area contributed by atoms with E-state index in [4.69, 9.17) is 0 Å². The van der Waals surface area contributed by atoms with E-state index in [1.54, 1.807) is 0 Å². The number of alkyl halides is 1. The zero-order chi connectivity index (χ0) is 8.77. The number of anilines is 1. The highest BCUT2D eigenvalue weighted by Crippen LogP contribution is 2.57. The van der Waals surface area contributed by atoms with Gasteiger partial charge >= 0.3 is 0 Å². The zero-order valence-corrected chi connectivity index (χ0v) is 10.2. The molecule has 0 radical (unpaired) electrons. The van der Waals surface area contributed by atoms with Gasteiger partial charge in [0.15, 0.2) is 0 Å². The fourth-order valence-corrected chi connectivity index (χ4v) is 4.04. The summed E-state index contributed by atoms with van der Waals surface area (Å²) in [6.07, 6.45) is 2.33. The molecule has 1 aliphatic rings. The zero-order valence-electron chi connectivity index (χ0n) is 7.13. The maximum absolute atomic E-state index is 3.54. The van der Waals surface area contributed by atoms with Crippen molar-refractivity contribution >= 4 is 39.2 Å². The Morgan fingerprint density at radius 2 is 2.08 bits per heavy atom. The summed E-state index contributed by atoms with van der Waals surface area (Å²) < 4.78 is 0.247. The lowest BCUT2D eigenvalue weighted by Crippen LogP contribution is -2.20. The van der Waals surface area contributed by atoms with Gasteiger partial charge < -0.3 is 5.32 Å². The van der Waals surface area contributed by atoms with Crippen molar-refractivity contribution in [2.24, 2.45) is 0 Å². The van der Waals surface area contributed by atoms with Crippen LogP contribution in [0.15, 0.2) is 29.2 Å². The number of hydrogen-bond donors (Lipinski definition) is 2. The van der Waals surface area contributed by atoms with Crippen molar-refractivity contribution in [1.82, 2.24) is 0 Å². The smallest absolute Gasteiger partial charge is 0.119 e. The fraction of sp³-hybridized carbons (Fsp3) is 0.333. The summed E-state index contributed by atoms with van der Waals surface area (Å²) in [5, 5.41) is 3.54. The van der Waals surface area contributed by atoms with Crippen molar-refractivity contribution < 1.29 is 0 Å². The van der Waals surface area contributed by atoms with E-state index < -0.39 is 0 Å². The quantitative estimate of drug-likeness (QED) is 0.324. The maximum Gasteiger partial charge on any atom is 0.119 e. The van der Waals surface area contributed by atoms with Gasteiger partial charge in [-0.05, 0) is 47.9 Å². The molecule has 2 unspecified atom stereocenters. The molecule has 1 aliphatic heterocycles. The van der Waals surface area contributed by atoms with Crippen molar-refractivity contribution in [1.29, 1.82) is 0 Å². The van der Waals surface area contributed by atoms with Crippen LogP contribution in [-0.2, 0) is 0 Å². The fourth-order valence-electron chi connectivity index (χ4n) is 1.43. The average molecular weight is 293 g/mol. The van der Waals surface area contributed by atoms with Crippen molar-refractivity contribution in [2.75, 3.05) is 11.6 Å². The van der Waals surface area contributed by atoms with Crippen LogP contribution in [-0.4, -0.2) is 9.13 Å². The van der Waals surface area contributed by atoms with Gasteiger partial charge in [-0.1, -0.05) is 12.1 Å². The van der Waals surface area contributed by atoms with Gasteiger partial charge in [0.05, 0.1) is 0 Å². The van der Waals surface area contributed by atoms with Crippen LogP contribution in [0.3, 0.4) is 0 Å². The predicted molar refractivity (Wildman–Crippen MR) is 65.7 cm³/mol. The third kappa shape index (κ3) is 1.23. The van der Waals surface area contributed by atoms with Gasteiger partial charge in [-0.15, -0.1) is 0 Å². The lowest BCUT2D eigenvalue weighted by molar-refractivity contribution is 1.11. The SMILES string of the molecule is C[SH]1c2ccccc2NC1(C)I. The molecule has 1 aromatic carbocycles. The Kier molecular flexibility index (Phi) is 2.03. The van der Waals surface area contributed by atoms with Gasteiger partial charge in [0, 0.05) is 10.6 Å². The van der Waals surface area contributed by atoms with E-state index in [2.05, 4.69) is 65.4 Å². The van der Waals surface area contributed by atoms with E-state index in [1.807, 2.05) is 0 Å². The molecule has 1 N–H and O–H groups in total. The second-order valence-electron chi connectivity index (χ2n) is 3.15. The highest BCUT2D eigenvalue weighted by Gasteiger charge is 2.33. The summed E-state index contributed by atoms with van der Waals surface area (Å²) in [4.78, 5) is 1.50. The molecule has 0 spiro atoms. The highest BCUT2D eigenvalue weighted by atomic mass is 127. The van der Waals surface area contributed by atoms with E-state index in [0.717, 1.165) is 0 Å². The average Bonchev–Trinajstić information content (AvgIpc) is 2.24. The molecule has 2 atom stereocenters. The molecule has 0 fully saturated rings. The summed E-state index contributed by atoms with van der Waals surface area (Å²) in [6.45, 7) is 2.26. The number of nitrogens with one attached hydrogen (secondary N) is 1. The van der Waals surface area contributed by atoms with E-state index in [1.165, 1.54) is 10.6 Å². The first-order valence-electron chi connectivity index (χ1n) is 3.91. The normalized spacial score (nSPS) is 35.8. The highest BCUT2D eigenvalue weighted by molar-refractivity contribution is 14.1. The number of fused-ring (bicyclic) bond motifs is 1. The Hall–Kier alpha value is 0.1000. The van der Waals surface area contributed by atoms with Crippen LogP contribution in [0.5, 0.6) is 0 Å². The monoisotopic (exact) mass is 293 g/mol.